The minimum atomic E-state index is -0.880. The van der Waals surface area contributed by atoms with Crippen LogP contribution in [0.1, 0.15) is 106 Å². The maximum atomic E-state index is 11.3. The van der Waals surface area contributed by atoms with Gasteiger partial charge < -0.3 is 29.2 Å². The van der Waals surface area contributed by atoms with Crippen LogP contribution in [0.3, 0.4) is 0 Å². The standard InChI is InChI=1S/C28H48O6/c1-8-9-15-26(5)22(33-26)12-16-25(4,30)20-10-11-21(31-20)27(6)18-14-23(34-27)28(7)17-13-19(32-28)24(2,3)29/h8,19-23,29-30H,1,9-18H2,2-7H3/t19-,20-,21-,22-,23-,25+,26-,27+,28+/m0/s1. The Morgan fingerprint density at radius 2 is 1.56 bits per heavy atom. The second-order valence-corrected chi connectivity index (χ2v) is 12.9. The van der Waals surface area contributed by atoms with E-state index in [-0.39, 0.29) is 47.3 Å². The summed E-state index contributed by atoms with van der Waals surface area (Å²) in [6.45, 7) is 15.8. The minimum Gasteiger partial charge on any atom is -0.388 e. The molecule has 6 nitrogen and oxygen atoms in total. The summed E-state index contributed by atoms with van der Waals surface area (Å²) in [6, 6.07) is 0. The highest BCUT2D eigenvalue weighted by Crippen LogP contribution is 2.49. The van der Waals surface area contributed by atoms with Gasteiger partial charge in [-0.25, -0.2) is 0 Å². The molecule has 0 amide bonds. The van der Waals surface area contributed by atoms with Crippen molar-refractivity contribution in [2.24, 2.45) is 0 Å². The summed E-state index contributed by atoms with van der Waals surface area (Å²) in [7, 11) is 0. The molecule has 34 heavy (non-hydrogen) atoms. The molecule has 0 unspecified atom stereocenters. The molecule has 4 saturated heterocycles. The SMILES string of the molecule is C=CCC[C@]1(C)O[C@H]1CC[C@@](C)(O)[C@@H]1CC[C@@H]([C@@]2(C)CC[C@@H]([C@@]3(C)CC[C@@H](C(C)(C)O)O3)O2)O1. The van der Waals surface area contributed by atoms with Crippen LogP contribution in [0.15, 0.2) is 12.7 Å². The zero-order valence-corrected chi connectivity index (χ0v) is 22.3. The molecule has 4 fully saturated rings. The van der Waals surface area contributed by atoms with E-state index in [1.165, 1.54) is 0 Å². The molecule has 0 aliphatic carbocycles. The summed E-state index contributed by atoms with van der Waals surface area (Å²) in [6.07, 6.45) is 10.5. The molecule has 0 aromatic carbocycles. The predicted molar refractivity (Wildman–Crippen MR) is 132 cm³/mol. The fraction of sp³-hybridized carbons (Fsp3) is 0.929. The second-order valence-electron chi connectivity index (χ2n) is 12.9. The summed E-state index contributed by atoms with van der Waals surface area (Å²) in [5, 5.41) is 21.7. The van der Waals surface area contributed by atoms with Gasteiger partial charge in [0.05, 0.1) is 58.5 Å². The van der Waals surface area contributed by atoms with Gasteiger partial charge >= 0.3 is 0 Å². The van der Waals surface area contributed by atoms with E-state index in [0.717, 1.165) is 57.8 Å². The molecule has 0 bridgehead atoms. The van der Waals surface area contributed by atoms with Gasteiger partial charge in [-0.2, -0.15) is 0 Å². The van der Waals surface area contributed by atoms with E-state index >= 15 is 0 Å². The lowest BCUT2D eigenvalue weighted by molar-refractivity contribution is -0.201. The van der Waals surface area contributed by atoms with E-state index in [0.29, 0.717) is 6.42 Å². The monoisotopic (exact) mass is 480 g/mol. The third-order valence-corrected chi connectivity index (χ3v) is 9.29. The predicted octanol–water partition coefficient (Wildman–Crippen LogP) is 4.84. The van der Waals surface area contributed by atoms with Crippen LogP contribution in [0, 0.1) is 0 Å². The Morgan fingerprint density at radius 1 is 0.882 bits per heavy atom. The fourth-order valence-electron chi connectivity index (χ4n) is 6.51. The molecule has 4 aliphatic heterocycles. The zero-order valence-electron chi connectivity index (χ0n) is 22.3. The van der Waals surface area contributed by atoms with E-state index in [9.17, 15) is 10.2 Å². The van der Waals surface area contributed by atoms with Gasteiger partial charge in [0.25, 0.3) is 0 Å². The Bertz CT molecular complexity index is 746. The van der Waals surface area contributed by atoms with Crippen molar-refractivity contribution in [3.05, 3.63) is 12.7 Å². The van der Waals surface area contributed by atoms with Crippen LogP contribution in [0.2, 0.25) is 0 Å². The first-order valence-corrected chi connectivity index (χ1v) is 13.5. The van der Waals surface area contributed by atoms with E-state index in [1.807, 2.05) is 26.8 Å². The molecule has 196 valence electrons. The molecule has 0 radical (unpaired) electrons. The van der Waals surface area contributed by atoms with Gasteiger partial charge in [-0.1, -0.05) is 6.08 Å². The largest absolute Gasteiger partial charge is 0.388 e. The summed E-state index contributed by atoms with van der Waals surface area (Å²) in [5.41, 5.74) is -2.55. The molecular weight excluding hydrogens is 432 g/mol. The topological polar surface area (TPSA) is 80.7 Å². The van der Waals surface area contributed by atoms with Gasteiger partial charge in [-0.3, -0.25) is 0 Å². The van der Waals surface area contributed by atoms with Crippen molar-refractivity contribution in [3.8, 4) is 0 Å². The lowest BCUT2D eigenvalue weighted by Gasteiger charge is -2.38. The maximum absolute atomic E-state index is 11.3. The zero-order chi connectivity index (χ0) is 25.0. The Labute approximate surface area is 206 Å². The van der Waals surface area contributed by atoms with E-state index in [2.05, 4.69) is 27.4 Å². The number of rotatable bonds is 10. The number of hydrogen-bond acceptors (Lipinski definition) is 6. The number of epoxide rings is 1. The Hall–Kier alpha value is -0.500. The van der Waals surface area contributed by atoms with Crippen LogP contribution >= 0.6 is 0 Å². The average molecular weight is 481 g/mol. The minimum absolute atomic E-state index is 0.00623. The van der Waals surface area contributed by atoms with Crippen LogP contribution in [-0.4, -0.2) is 68.7 Å². The molecule has 0 saturated carbocycles. The highest BCUT2D eigenvalue weighted by Gasteiger charge is 2.56. The van der Waals surface area contributed by atoms with Crippen LogP contribution in [-0.2, 0) is 18.9 Å². The van der Waals surface area contributed by atoms with Crippen molar-refractivity contribution in [1.82, 2.24) is 0 Å². The normalized spacial score (nSPS) is 46.5. The summed E-state index contributed by atoms with van der Waals surface area (Å²) in [4.78, 5) is 0. The highest BCUT2D eigenvalue weighted by atomic mass is 16.6. The van der Waals surface area contributed by atoms with Crippen molar-refractivity contribution >= 4 is 0 Å². The first-order chi connectivity index (χ1) is 15.7. The third kappa shape index (κ3) is 5.28. The van der Waals surface area contributed by atoms with Gasteiger partial charge in [0.15, 0.2) is 0 Å². The molecular formula is C28H48O6. The number of aliphatic hydroxyl groups is 2. The van der Waals surface area contributed by atoms with Gasteiger partial charge in [-0.05, 0) is 106 Å². The highest BCUT2D eigenvalue weighted by molar-refractivity contribution is 5.05. The lowest BCUT2D eigenvalue weighted by atomic mass is 9.87. The van der Waals surface area contributed by atoms with Crippen LogP contribution in [0.4, 0.5) is 0 Å². The van der Waals surface area contributed by atoms with Crippen molar-refractivity contribution in [1.29, 1.82) is 0 Å². The van der Waals surface area contributed by atoms with Gasteiger partial charge in [0, 0.05) is 0 Å². The Kier molecular flexibility index (Phi) is 7.12. The fourth-order valence-corrected chi connectivity index (χ4v) is 6.51. The third-order valence-electron chi connectivity index (χ3n) is 9.29. The molecule has 4 rings (SSSR count). The molecule has 2 N–H and O–H groups in total. The van der Waals surface area contributed by atoms with Gasteiger partial charge in [-0.15, -0.1) is 6.58 Å². The summed E-state index contributed by atoms with van der Waals surface area (Å²) < 4.78 is 25.5. The van der Waals surface area contributed by atoms with Crippen molar-refractivity contribution < 1.29 is 29.2 Å². The second kappa shape index (κ2) is 9.11. The van der Waals surface area contributed by atoms with Gasteiger partial charge in [0.2, 0.25) is 0 Å². The maximum Gasteiger partial charge on any atom is 0.0923 e. The number of hydrogen-bond donors (Lipinski definition) is 2. The molecule has 9 atom stereocenters. The Morgan fingerprint density at radius 3 is 2.21 bits per heavy atom. The molecule has 4 heterocycles. The lowest BCUT2D eigenvalue weighted by Crippen LogP contribution is -2.47. The number of ether oxygens (including phenoxy) is 4. The first-order valence-electron chi connectivity index (χ1n) is 13.5. The van der Waals surface area contributed by atoms with E-state index in [1.54, 1.807) is 0 Å². The van der Waals surface area contributed by atoms with Crippen molar-refractivity contribution in [2.75, 3.05) is 0 Å². The van der Waals surface area contributed by atoms with E-state index in [4.69, 9.17) is 18.9 Å². The Balaban J connectivity index is 1.29. The number of allylic oxidation sites excluding steroid dienone is 1. The molecule has 4 aliphatic rings. The molecule has 0 aromatic rings. The van der Waals surface area contributed by atoms with E-state index < -0.39 is 11.2 Å². The van der Waals surface area contributed by atoms with Crippen LogP contribution in [0.25, 0.3) is 0 Å². The molecule has 0 spiro atoms. The van der Waals surface area contributed by atoms with Crippen LogP contribution < -0.4 is 0 Å². The van der Waals surface area contributed by atoms with Gasteiger partial charge in [0.1, 0.15) is 0 Å². The quantitative estimate of drug-likeness (QED) is 0.344. The summed E-state index contributed by atoms with van der Waals surface area (Å²) in [5.74, 6) is 0. The smallest absolute Gasteiger partial charge is 0.0923 e. The van der Waals surface area contributed by atoms with Crippen molar-refractivity contribution in [2.45, 2.75) is 164 Å². The summed E-state index contributed by atoms with van der Waals surface area (Å²) >= 11 is 0. The molecule has 6 heteroatoms. The molecule has 0 aromatic heterocycles. The average Bonchev–Trinajstić information content (AvgIpc) is 3.22. The van der Waals surface area contributed by atoms with Crippen molar-refractivity contribution in [3.63, 3.8) is 0 Å². The first kappa shape index (κ1) is 26.6. The van der Waals surface area contributed by atoms with Crippen LogP contribution in [0.5, 0.6) is 0 Å².